The van der Waals surface area contributed by atoms with Crippen molar-refractivity contribution < 1.29 is 14.9 Å². The van der Waals surface area contributed by atoms with E-state index in [1.54, 1.807) is 13.1 Å². The summed E-state index contributed by atoms with van der Waals surface area (Å²) in [7, 11) is 0. The third kappa shape index (κ3) is 2.25. The molecular formula is C10H14IN3O4. The number of nitrogen functional groups attached to an aromatic ring is 1. The molecule has 0 aromatic carbocycles. The van der Waals surface area contributed by atoms with Crippen molar-refractivity contribution in [2.45, 2.75) is 25.4 Å². The Morgan fingerprint density at radius 2 is 2.33 bits per heavy atom. The van der Waals surface area contributed by atoms with E-state index in [-0.39, 0.29) is 18.3 Å². The minimum absolute atomic E-state index is 0.168. The SMILES string of the molecule is C[C@@H]1[C@H](O)[C@@H](CO)O[C@H]1n1cc(I)c(N)nc1=O. The maximum atomic E-state index is 11.8. The lowest BCUT2D eigenvalue weighted by Crippen LogP contribution is -2.31. The molecule has 0 amide bonds. The topological polar surface area (TPSA) is 111 Å². The van der Waals surface area contributed by atoms with Crippen LogP contribution in [0.1, 0.15) is 13.2 Å². The van der Waals surface area contributed by atoms with Crippen molar-refractivity contribution in [1.29, 1.82) is 0 Å². The van der Waals surface area contributed by atoms with Crippen LogP contribution in [0.2, 0.25) is 0 Å². The summed E-state index contributed by atoms with van der Waals surface area (Å²) in [6.45, 7) is 1.46. The number of anilines is 1. The Kier molecular flexibility index (Phi) is 3.90. The van der Waals surface area contributed by atoms with Gasteiger partial charge in [-0.3, -0.25) is 4.57 Å². The highest BCUT2D eigenvalue weighted by molar-refractivity contribution is 14.1. The molecule has 1 aromatic rings. The van der Waals surface area contributed by atoms with Crippen LogP contribution in [-0.2, 0) is 4.74 Å². The highest BCUT2D eigenvalue weighted by Gasteiger charge is 2.41. The summed E-state index contributed by atoms with van der Waals surface area (Å²) in [5.41, 5.74) is 5.01. The molecule has 0 bridgehead atoms. The van der Waals surface area contributed by atoms with E-state index in [1.807, 2.05) is 22.6 Å². The summed E-state index contributed by atoms with van der Waals surface area (Å²) in [5, 5.41) is 18.9. The van der Waals surface area contributed by atoms with Crippen molar-refractivity contribution in [3.8, 4) is 0 Å². The predicted molar refractivity (Wildman–Crippen MR) is 71.8 cm³/mol. The number of ether oxygens (including phenoxy) is 1. The van der Waals surface area contributed by atoms with Crippen molar-refractivity contribution in [2.24, 2.45) is 5.92 Å². The molecule has 0 saturated carbocycles. The number of aliphatic hydroxyl groups is 2. The number of hydrogen-bond donors (Lipinski definition) is 3. The van der Waals surface area contributed by atoms with E-state index in [9.17, 15) is 9.90 Å². The molecule has 1 aliphatic rings. The second-order valence-electron chi connectivity index (χ2n) is 4.26. The van der Waals surface area contributed by atoms with Crippen LogP contribution in [0.4, 0.5) is 5.82 Å². The van der Waals surface area contributed by atoms with Gasteiger partial charge in [0, 0.05) is 12.1 Å². The first-order valence-corrected chi connectivity index (χ1v) is 6.52. The van der Waals surface area contributed by atoms with Gasteiger partial charge in [-0.05, 0) is 22.6 Å². The van der Waals surface area contributed by atoms with Crippen LogP contribution in [0.3, 0.4) is 0 Å². The summed E-state index contributed by atoms with van der Waals surface area (Å²) < 4.78 is 7.40. The summed E-state index contributed by atoms with van der Waals surface area (Å²) in [5.74, 6) is -0.150. The van der Waals surface area contributed by atoms with E-state index in [0.29, 0.717) is 3.57 Å². The monoisotopic (exact) mass is 367 g/mol. The number of aromatic nitrogens is 2. The fraction of sp³-hybridized carbons (Fsp3) is 0.600. The predicted octanol–water partition coefficient (Wildman–Crippen LogP) is -0.683. The Morgan fingerprint density at radius 3 is 2.89 bits per heavy atom. The van der Waals surface area contributed by atoms with Crippen LogP contribution >= 0.6 is 22.6 Å². The molecule has 4 N–H and O–H groups in total. The van der Waals surface area contributed by atoms with Gasteiger partial charge in [0.1, 0.15) is 18.1 Å². The van der Waals surface area contributed by atoms with Gasteiger partial charge in [-0.15, -0.1) is 0 Å². The summed E-state index contributed by atoms with van der Waals surface area (Å²) in [6, 6.07) is 0. The Bertz CT molecular complexity index is 506. The number of hydrogen-bond acceptors (Lipinski definition) is 6. The normalized spacial score (nSPS) is 31.8. The van der Waals surface area contributed by atoms with Crippen molar-refractivity contribution in [2.75, 3.05) is 12.3 Å². The largest absolute Gasteiger partial charge is 0.394 e. The third-order valence-electron chi connectivity index (χ3n) is 3.07. The van der Waals surface area contributed by atoms with Gasteiger partial charge < -0.3 is 20.7 Å². The van der Waals surface area contributed by atoms with Gasteiger partial charge >= 0.3 is 5.69 Å². The van der Waals surface area contributed by atoms with Crippen molar-refractivity contribution in [3.05, 3.63) is 20.3 Å². The average Bonchev–Trinajstić information content (AvgIpc) is 2.61. The molecule has 1 saturated heterocycles. The van der Waals surface area contributed by atoms with Crippen molar-refractivity contribution >= 4 is 28.4 Å². The quantitative estimate of drug-likeness (QED) is 0.598. The zero-order valence-corrected chi connectivity index (χ0v) is 11.8. The van der Waals surface area contributed by atoms with E-state index in [0.717, 1.165) is 0 Å². The molecule has 18 heavy (non-hydrogen) atoms. The van der Waals surface area contributed by atoms with Gasteiger partial charge in [0.15, 0.2) is 0 Å². The zero-order valence-electron chi connectivity index (χ0n) is 9.65. The van der Waals surface area contributed by atoms with Gasteiger partial charge in [0.05, 0.1) is 16.3 Å². The lowest BCUT2D eigenvalue weighted by molar-refractivity contribution is -0.0477. The summed E-state index contributed by atoms with van der Waals surface area (Å²) in [4.78, 5) is 15.5. The molecule has 0 spiro atoms. The Morgan fingerprint density at radius 1 is 1.67 bits per heavy atom. The van der Waals surface area contributed by atoms with Gasteiger partial charge in [0.2, 0.25) is 0 Å². The molecule has 8 heteroatoms. The fourth-order valence-electron chi connectivity index (χ4n) is 2.00. The molecule has 100 valence electrons. The number of nitrogens with two attached hydrogens (primary N) is 1. The molecule has 1 aromatic heterocycles. The van der Waals surface area contributed by atoms with E-state index in [4.69, 9.17) is 15.6 Å². The van der Waals surface area contributed by atoms with E-state index in [1.165, 1.54) is 4.57 Å². The highest BCUT2D eigenvalue weighted by atomic mass is 127. The lowest BCUT2D eigenvalue weighted by Gasteiger charge is -2.18. The second kappa shape index (κ2) is 5.11. The molecule has 7 nitrogen and oxygen atoms in total. The van der Waals surface area contributed by atoms with Crippen LogP contribution in [-0.4, -0.2) is 38.6 Å². The molecule has 0 aliphatic carbocycles. The Labute approximate surface area is 117 Å². The van der Waals surface area contributed by atoms with Crippen LogP contribution in [0, 0.1) is 9.49 Å². The standard InChI is InChI=1S/C10H14IN3O4/c1-4-7(16)6(3-15)18-9(4)14-2-5(11)8(12)13-10(14)17/h2,4,6-7,9,15-16H,3H2,1H3,(H2,12,13,17)/t4-,6-,7+,9-/m1/s1. The summed E-state index contributed by atoms with van der Waals surface area (Å²) in [6.07, 6.45) is -0.612. The van der Waals surface area contributed by atoms with Crippen molar-refractivity contribution in [1.82, 2.24) is 9.55 Å². The smallest absolute Gasteiger partial charge is 0.351 e. The van der Waals surface area contributed by atoms with Gasteiger partial charge in [-0.1, -0.05) is 6.92 Å². The van der Waals surface area contributed by atoms with Crippen LogP contribution in [0.25, 0.3) is 0 Å². The molecule has 1 aliphatic heterocycles. The lowest BCUT2D eigenvalue weighted by atomic mass is 10.0. The minimum atomic E-state index is -0.817. The Hall–Kier alpha value is -0.710. The molecule has 2 heterocycles. The van der Waals surface area contributed by atoms with Gasteiger partial charge in [0.25, 0.3) is 0 Å². The number of nitrogens with zero attached hydrogens (tertiary/aromatic N) is 2. The first kappa shape index (κ1) is 13.7. The molecule has 4 atom stereocenters. The van der Waals surface area contributed by atoms with Crippen LogP contribution in [0.15, 0.2) is 11.0 Å². The van der Waals surface area contributed by atoms with E-state index < -0.39 is 24.1 Å². The first-order chi connectivity index (χ1) is 8.45. The van der Waals surface area contributed by atoms with Crippen molar-refractivity contribution in [3.63, 3.8) is 0 Å². The minimum Gasteiger partial charge on any atom is -0.394 e. The molecule has 1 fully saturated rings. The maximum absolute atomic E-state index is 11.8. The van der Waals surface area contributed by atoms with Gasteiger partial charge in [-0.25, -0.2) is 4.79 Å². The molecular weight excluding hydrogens is 353 g/mol. The molecule has 0 radical (unpaired) electrons. The van der Waals surface area contributed by atoms with E-state index in [2.05, 4.69) is 4.98 Å². The number of halogens is 1. The maximum Gasteiger partial charge on any atom is 0.351 e. The molecule has 2 rings (SSSR count). The fourth-order valence-corrected chi connectivity index (χ4v) is 2.42. The number of aliphatic hydroxyl groups excluding tert-OH is 2. The van der Waals surface area contributed by atoms with E-state index >= 15 is 0 Å². The Balaban J connectivity index is 2.39. The second-order valence-corrected chi connectivity index (χ2v) is 5.42. The first-order valence-electron chi connectivity index (χ1n) is 5.44. The van der Waals surface area contributed by atoms with Crippen LogP contribution < -0.4 is 11.4 Å². The third-order valence-corrected chi connectivity index (χ3v) is 3.90. The van der Waals surface area contributed by atoms with Gasteiger partial charge in [-0.2, -0.15) is 4.98 Å². The summed E-state index contributed by atoms with van der Waals surface area (Å²) >= 11 is 1.97. The van der Waals surface area contributed by atoms with Crippen LogP contribution in [0.5, 0.6) is 0 Å². The average molecular weight is 367 g/mol. The number of rotatable bonds is 2. The zero-order chi connectivity index (χ0) is 13.4. The molecule has 0 unspecified atom stereocenters. The highest BCUT2D eigenvalue weighted by Crippen LogP contribution is 2.33.